The zero-order valence-corrected chi connectivity index (χ0v) is 31.4. The fourth-order valence-corrected chi connectivity index (χ4v) is 8.92. The van der Waals surface area contributed by atoms with E-state index in [4.69, 9.17) is 9.47 Å². The molecule has 0 aromatic heterocycles. The Bertz CT molecular complexity index is 2680. The van der Waals surface area contributed by atoms with Crippen LogP contribution in [-0.4, -0.2) is 0 Å². The molecule has 8 aromatic carbocycles. The molecule has 0 saturated heterocycles. The number of fused-ring (bicyclic) bond motifs is 4. The van der Waals surface area contributed by atoms with Crippen LogP contribution in [0.2, 0.25) is 0 Å². The highest BCUT2D eigenvalue weighted by molar-refractivity contribution is 7.99. The Morgan fingerprint density at radius 3 is 1.53 bits per heavy atom. The van der Waals surface area contributed by atoms with Crippen molar-refractivity contribution in [1.82, 2.24) is 0 Å². The third-order valence-corrected chi connectivity index (χ3v) is 11.9. The van der Waals surface area contributed by atoms with Crippen LogP contribution in [0.1, 0.15) is 25.0 Å². The van der Waals surface area contributed by atoms with Gasteiger partial charge in [0.25, 0.3) is 0 Å². The molecule has 8 aromatic rings. The van der Waals surface area contributed by atoms with E-state index in [1.54, 1.807) is 11.8 Å². The van der Waals surface area contributed by atoms with Crippen LogP contribution in [0, 0.1) is 0 Å². The zero-order valence-electron chi connectivity index (χ0n) is 30.6. The van der Waals surface area contributed by atoms with E-state index in [1.807, 2.05) is 18.2 Å². The Labute approximate surface area is 326 Å². The fraction of sp³-hybridized carbons (Fsp3) is 0.0588. The van der Waals surface area contributed by atoms with E-state index in [9.17, 15) is 0 Å². The minimum absolute atomic E-state index is 0.177. The molecule has 2 heterocycles. The topological polar surface area (TPSA) is 21.7 Å². The van der Waals surface area contributed by atoms with Crippen molar-refractivity contribution in [2.75, 3.05) is 4.90 Å². The Morgan fingerprint density at radius 1 is 0.382 bits per heavy atom. The van der Waals surface area contributed by atoms with Crippen LogP contribution < -0.4 is 14.4 Å². The van der Waals surface area contributed by atoms with E-state index < -0.39 is 0 Å². The van der Waals surface area contributed by atoms with Crippen molar-refractivity contribution in [3.63, 3.8) is 0 Å². The number of nitrogens with zero attached hydrogens (tertiary/aromatic N) is 1. The summed E-state index contributed by atoms with van der Waals surface area (Å²) in [6.45, 7) is 4.56. The van der Waals surface area contributed by atoms with Gasteiger partial charge in [-0.1, -0.05) is 153 Å². The molecule has 4 heteroatoms. The monoisotopic (exact) mass is 727 g/mol. The second-order valence-electron chi connectivity index (χ2n) is 14.5. The predicted octanol–water partition coefficient (Wildman–Crippen LogP) is 14.8. The van der Waals surface area contributed by atoms with Crippen LogP contribution in [0.4, 0.5) is 17.1 Å². The van der Waals surface area contributed by atoms with Gasteiger partial charge < -0.3 is 14.4 Å². The van der Waals surface area contributed by atoms with Crippen LogP contribution >= 0.6 is 11.8 Å². The first-order valence-electron chi connectivity index (χ1n) is 18.7. The molecule has 3 nitrogen and oxygen atoms in total. The van der Waals surface area contributed by atoms with Crippen molar-refractivity contribution in [3.8, 4) is 56.4 Å². The van der Waals surface area contributed by atoms with Crippen molar-refractivity contribution in [1.29, 1.82) is 0 Å². The molecule has 10 rings (SSSR count). The third kappa shape index (κ3) is 5.87. The highest BCUT2D eigenvalue weighted by atomic mass is 32.2. The summed E-state index contributed by atoms with van der Waals surface area (Å²) < 4.78 is 13.1. The van der Waals surface area contributed by atoms with E-state index >= 15 is 0 Å². The largest absolute Gasteiger partial charge is 0.456 e. The first-order chi connectivity index (χ1) is 27.0. The van der Waals surface area contributed by atoms with E-state index in [0.29, 0.717) is 0 Å². The maximum atomic E-state index is 6.64. The van der Waals surface area contributed by atoms with E-state index in [1.165, 1.54) is 22.3 Å². The lowest BCUT2D eigenvalue weighted by atomic mass is 9.75. The minimum atomic E-state index is -0.177. The molecule has 0 N–H and O–H groups in total. The van der Waals surface area contributed by atoms with Gasteiger partial charge in [-0.2, -0.15) is 0 Å². The lowest BCUT2D eigenvalue weighted by molar-refractivity contribution is 0.419. The maximum Gasteiger partial charge on any atom is 0.149 e. The Balaban J connectivity index is 1.02. The first-order valence-corrected chi connectivity index (χ1v) is 19.5. The molecule has 264 valence electrons. The normalized spacial score (nSPS) is 13.3. The number of anilines is 3. The lowest BCUT2D eigenvalue weighted by Gasteiger charge is -2.35. The summed E-state index contributed by atoms with van der Waals surface area (Å²) in [4.78, 5) is 4.58. The summed E-state index contributed by atoms with van der Waals surface area (Å²) >= 11 is 1.76. The smallest absolute Gasteiger partial charge is 0.149 e. The molecule has 0 saturated carbocycles. The number of hydrogen-bond acceptors (Lipinski definition) is 4. The molecule has 0 spiro atoms. The molecular formula is C51H37NO2S. The molecule has 2 aliphatic rings. The van der Waals surface area contributed by atoms with Crippen molar-refractivity contribution < 1.29 is 9.47 Å². The van der Waals surface area contributed by atoms with Gasteiger partial charge in [0.05, 0.1) is 9.79 Å². The van der Waals surface area contributed by atoms with Crippen LogP contribution in [0.25, 0.3) is 33.4 Å². The summed E-state index contributed by atoms with van der Waals surface area (Å²) in [6.07, 6.45) is 0. The summed E-state index contributed by atoms with van der Waals surface area (Å²) in [6, 6.07) is 66.5. The van der Waals surface area contributed by atoms with Crippen LogP contribution in [-0.2, 0) is 5.41 Å². The first kappa shape index (κ1) is 33.1. The standard InChI is InChI=1S/C51H37NO2S/c1-51(2)43-16-6-7-18-45(43)53-49-41(14-10-17-44(49)51)36-24-30-39(31-25-36)52(38-28-22-35(23-29-38)34-12-4-3-5-13-34)40-32-26-37(27-33-40)42-15-11-21-48-50(42)54-46-19-8-9-20-47(46)55-48/h3-33H,1-2H3. The average molecular weight is 728 g/mol. The van der Waals surface area contributed by atoms with Gasteiger partial charge in [-0.15, -0.1) is 0 Å². The average Bonchev–Trinajstić information content (AvgIpc) is 3.24. The van der Waals surface area contributed by atoms with Gasteiger partial charge in [0.2, 0.25) is 0 Å². The van der Waals surface area contributed by atoms with Gasteiger partial charge in [-0.3, -0.25) is 0 Å². The SMILES string of the molecule is CC1(C)c2ccccc2Oc2c(-c3ccc(N(c4ccc(-c5ccccc5)cc4)c4ccc(-c5cccc6c5Oc5ccccc5S6)cc4)cc3)cccc21. The highest BCUT2D eigenvalue weighted by Crippen LogP contribution is 2.52. The van der Waals surface area contributed by atoms with E-state index in [2.05, 4.69) is 189 Å². The lowest BCUT2D eigenvalue weighted by Crippen LogP contribution is -2.24. The van der Waals surface area contributed by atoms with Gasteiger partial charge in [0.1, 0.15) is 23.0 Å². The molecule has 55 heavy (non-hydrogen) atoms. The van der Waals surface area contributed by atoms with Gasteiger partial charge in [0.15, 0.2) is 0 Å². The molecule has 0 unspecified atom stereocenters. The summed E-state index contributed by atoms with van der Waals surface area (Å²) in [5, 5.41) is 0. The van der Waals surface area contributed by atoms with Crippen molar-refractivity contribution >= 4 is 28.8 Å². The summed E-state index contributed by atoms with van der Waals surface area (Å²) in [5.41, 5.74) is 12.2. The van der Waals surface area contributed by atoms with Gasteiger partial charge in [-0.05, 0) is 82.9 Å². The van der Waals surface area contributed by atoms with Crippen LogP contribution in [0.15, 0.2) is 198 Å². The molecule has 0 aliphatic carbocycles. The summed E-state index contributed by atoms with van der Waals surface area (Å²) in [5.74, 6) is 3.65. The van der Waals surface area contributed by atoms with Gasteiger partial charge in [0, 0.05) is 44.7 Å². The molecule has 0 radical (unpaired) electrons. The van der Waals surface area contributed by atoms with Crippen molar-refractivity contribution in [3.05, 3.63) is 199 Å². The molecular weight excluding hydrogens is 691 g/mol. The number of rotatable bonds is 6. The van der Waals surface area contributed by atoms with Crippen LogP contribution in [0.3, 0.4) is 0 Å². The highest BCUT2D eigenvalue weighted by Gasteiger charge is 2.35. The van der Waals surface area contributed by atoms with Gasteiger partial charge >= 0.3 is 0 Å². The van der Waals surface area contributed by atoms with E-state index in [0.717, 1.165) is 72.1 Å². The second kappa shape index (κ2) is 13.4. The quantitative estimate of drug-likeness (QED) is 0.170. The van der Waals surface area contributed by atoms with E-state index in [-0.39, 0.29) is 5.41 Å². The molecule has 0 amide bonds. The fourth-order valence-electron chi connectivity index (χ4n) is 7.93. The number of benzene rings is 8. The Morgan fingerprint density at radius 2 is 0.855 bits per heavy atom. The van der Waals surface area contributed by atoms with Crippen molar-refractivity contribution in [2.45, 2.75) is 29.1 Å². The number of ether oxygens (including phenoxy) is 2. The second-order valence-corrected chi connectivity index (χ2v) is 15.6. The van der Waals surface area contributed by atoms with Crippen LogP contribution in [0.5, 0.6) is 23.0 Å². The van der Waals surface area contributed by atoms with Crippen molar-refractivity contribution in [2.24, 2.45) is 0 Å². The molecule has 2 aliphatic heterocycles. The number of para-hydroxylation sites is 4. The zero-order chi connectivity index (χ0) is 36.9. The number of hydrogen-bond donors (Lipinski definition) is 0. The minimum Gasteiger partial charge on any atom is -0.456 e. The molecule has 0 bridgehead atoms. The van der Waals surface area contributed by atoms with Gasteiger partial charge in [-0.25, -0.2) is 0 Å². The maximum absolute atomic E-state index is 6.64. The molecule has 0 fully saturated rings. The summed E-state index contributed by atoms with van der Waals surface area (Å²) in [7, 11) is 0. The Kier molecular flexibility index (Phi) is 8.08. The Hall–Kier alpha value is -6.49. The third-order valence-electron chi connectivity index (χ3n) is 10.8. The molecule has 0 atom stereocenters. The predicted molar refractivity (Wildman–Crippen MR) is 227 cm³/mol.